The second-order valence-electron chi connectivity index (χ2n) is 4.43. The highest BCUT2D eigenvalue weighted by atomic mass is 32.2. The number of nitrogens with two attached hydrogens (primary N) is 1. The van der Waals surface area contributed by atoms with Gasteiger partial charge in [-0.25, -0.2) is 0 Å². The zero-order chi connectivity index (χ0) is 17.8. The molecule has 13 heteroatoms. The Morgan fingerprint density at radius 2 is 1.30 bits per heavy atom. The quantitative estimate of drug-likeness (QED) is 0.419. The standard InChI is InChI=1S/C10H9NO9S3/c11-8-4-5(21(12,13)14)3-7-6(8)1-2-9(22(15,16)17)10(7)23(18,19)20/h1-4H,11H2,(H,12,13,14)(H,15,16,17)(H,18,19,20). The maximum Gasteiger partial charge on any atom is 0.296 e. The molecule has 126 valence electrons. The first-order chi connectivity index (χ1) is 10.2. The monoisotopic (exact) mass is 383 g/mol. The number of benzene rings is 2. The molecule has 2 aromatic carbocycles. The Morgan fingerprint density at radius 3 is 1.74 bits per heavy atom. The van der Waals surface area contributed by atoms with Gasteiger partial charge in [-0.1, -0.05) is 6.07 Å². The molecule has 0 atom stereocenters. The zero-order valence-corrected chi connectivity index (χ0v) is 13.4. The Morgan fingerprint density at radius 1 is 0.739 bits per heavy atom. The molecule has 0 aliphatic rings. The van der Waals surface area contributed by atoms with E-state index in [-0.39, 0.29) is 11.1 Å². The fourth-order valence-electron chi connectivity index (χ4n) is 2.01. The Labute approximate surface area is 130 Å². The molecule has 0 unspecified atom stereocenters. The van der Waals surface area contributed by atoms with E-state index in [1.807, 2.05) is 0 Å². The van der Waals surface area contributed by atoms with Gasteiger partial charge in [0.2, 0.25) is 0 Å². The van der Waals surface area contributed by atoms with Crippen LogP contribution < -0.4 is 5.73 Å². The first-order valence-electron chi connectivity index (χ1n) is 5.51. The van der Waals surface area contributed by atoms with Crippen molar-refractivity contribution in [2.24, 2.45) is 0 Å². The fourth-order valence-corrected chi connectivity index (χ4v) is 4.54. The third-order valence-electron chi connectivity index (χ3n) is 2.89. The van der Waals surface area contributed by atoms with Crippen LogP contribution in [0.5, 0.6) is 0 Å². The summed E-state index contributed by atoms with van der Waals surface area (Å²) in [5, 5.41) is -0.715. The van der Waals surface area contributed by atoms with E-state index in [2.05, 4.69) is 0 Å². The van der Waals surface area contributed by atoms with Gasteiger partial charge in [-0.2, -0.15) is 25.3 Å². The number of anilines is 1. The maximum absolute atomic E-state index is 11.5. The average Bonchev–Trinajstić information content (AvgIpc) is 2.33. The van der Waals surface area contributed by atoms with Crippen molar-refractivity contribution < 1.29 is 38.9 Å². The maximum atomic E-state index is 11.5. The summed E-state index contributed by atoms with van der Waals surface area (Å²) >= 11 is 0. The van der Waals surface area contributed by atoms with Crippen LogP contribution in [0.15, 0.2) is 39.0 Å². The minimum Gasteiger partial charge on any atom is -0.398 e. The lowest BCUT2D eigenvalue weighted by Crippen LogP contribution is -2.10. The van der Waals surface area contributed by atoms with Gasteiger partial charge in [0.1, 0.15) is 9.79 Å². The molecule has 0 radical (unpaired) electrons. The van der Waals surface area contributed by atoms with Gasteiger partial charge in [0, 0.05) is 16.5 Å². The van der Waals surface area contributed by atoms with E-state index in [0.717, 1.165) is 12.1 Å². The predicted molar refractivity (Wildman–Crippen MR) is 77.8 cm³/mol. The molecule has 0 heterocycles. The summed E-state index contributed by atoms with van der Waals surface area (Å²) in [5.41, 5.74) is 5.26. The smallest absolute Gasteiger partial charge is 0.296 e. The summed E-state index contributed by atoms with van der Waals surface area (Å²) in [5.74, 6) is 0. The van der Waals surface area contributed by atoms with Crippen LogP contribution >= 0.6 is 0 Å². The Bertz CT molecular complexity index is 1130. The van der Waals surface area contributed by atoms with Gasteiger partial charge in [0.05, 0.1) is 4.90 Å². The minimum absolute atomic E-state index is 0.113. The number of fused-ring (bicyclic) bond motifs is 1. The third-order valence-corrected chi connectivity index (χ3v) is 5.70. The molecule has 2 aromatic rings. The number of hydrogen-bond acceptors (Lipinski definition) is 7. The van der Waals surface area contributed by atoms with Crippen LogP contribution in [0.3, 0.4) is 0 Å². The van der Waals surface area contributed by atoms with Crippen molar-refractivity contribution in [3.63, 3.8) is 0 Å². The van der Waals surface area contributed by atoms with Crippen molar-refractivity contribution >= 4 is 46.8 Å². The molecule has 5 N–H and O–H groups in total. The van der Waals surface area contributed by atoms with Gasteiger partial charge in [0.15, 0.2) is 0 Å². The van der Waals surface area contributed by atoms with E-state index >= 15 is 0 Å². The van der Waals surface area contributed by atoms with Gasteiger partial charge in [-0.15, -0.1) is 0 Å². The summed E-state index contributed by atoms with van der Waals surface area (Å²) in [6.07, 6.45) is 0. The molecule has 0 fully saturated rings. The minimum atomic E-state index is -5.19. The number of rotatable bonds is 3. The Balaban J connectivity index is 3.20. The summed E-state index contributed by atoms with van der Waals surface area (Å²) in [7, 11) is -15.1. The van der Waals surface area contributed by atoms with Crippen molar-refractivity contribution in [1.82, 2.24) is 0 Å². The van der Waals surface area contributed by atoms with E-state index < -0.39 is 50.4 Å². The van der Waals surface area contributed by atoms with E-state index in [1.165, 1.54) is 0 Å². The summed E-state index contributed by atoms with van der Waals surface area (Å²) in [6, 6.07) is 3.12. The molecule has 23 heavy (non-hydrogen) atoms. The molecule has 0 amide bonds. The molecule has 0 spiro atoms. The van der Waals surface area contributed by atoms with Crippen LogP contribution in [0.2, 0.25) is 0 Å². The van der Waals surface area contributed by atoms with Gasteiger partial charge in [-0.3, -0.25) is 13.7 Å². The SMILES string of the molecule is Nc1cc(S(=O)(=O)O)cc2c(S(=O)(=O)O)c(S(=O)(=O)O)ccc12. The van der Waals surface area contributed by atoms with Crippen molar-refractivity contribution in [1.29, 1.82) is 0 Å². The van der Waals surface area contributed by atoms with Gasteiger partial charge in [-0.05, 0) is 18.2 Å². The number of nitrogen functional groups attached to an aromatic ring is 1. The largest absolute Gasteiger partial charge is 0.398 e. The molecular formula is C10H9NO9S3. The lowest BCUT2D eigenvalue weighted by molar-refractivity contribution is 0.467. The lowest BCUT2D eigenvalue weighted by atomic mass is 10.1. The van der Waals surface area contributed by atoms with Crippen LogP contribution in [-0.2, 0) is 30.4 Å². The molecule has 2 rings (SSSR count). The van der Waals surface area contributed by atoms with Gasteiger partial charge in [0.25, 0.3) is 30.4 Å². The Kier molecular flexibility index (Phi) is 3.91. The fraction of sp³-hybridized carbons (Fsp3) is 0. The summed E-state index contributed by atoms with van der Waals surface area (Å²) < 4.78 is 95.4. The molecule has 0 aromatic heterocycles. The van der Waals surface area contributed by atoms with E-state index in [9.17, 15) is 29.8 Å². The molecule has 0 aliphatic heterocycles. The number of hydrogen-bond donors (Lipinski definition) is 4. The van der Waals surface area contributed by atoms with Gasteiger partial charge >= 0.3 is 0 Å². The molecule has 0 saturated heterocycles. The van der Waals surface area contributed by atoms with E-state index in [0.29, 0.717) is 12.1 Å². The molecule has 0 saturated carbocycles. The van der Waals surface area contributed by atoms with Crippen LogP contribution in [0, 0.1) is 0 Å². The molecule has 10 nitrogen and oxygen atoms in total. The second-order valence-corrected chi connectivity index (χ2v) is 8.60. The van der Waals surface area contributed by atoms with E-state index in [4.69, 9.17) is 14.8 Å². The lowest BCUT2D eigenvalue weighted by Gasteiger charge is -2.11. The van der Waals surface area contributed by atoms with Crippen molar-refractivity contribution in [3.8, 4) is 0 Å². The summed E-state index contributed by atoms with van der Waals surface area (Å²) in [4.78, 5) is -3.24. The zero-order valence-electron chi connectivity index (χ0n) is 10.9. The molecule has 0 bridgehead atoms. The highest BCUT2D eigenvalue weighted by Crippen LogP contribution is 2.34. The van der Waals surface area contributed by atoms with Crippen molar-refractivity contribution in [2.75, 3.05) is 5.73 Å². The van der Waals surface area contributed by atoms with E-state index in [1.54, 1.807) is 0 Å². The highest BCUT2D eigenvalue weighted by molar-refractivity contribution is 7.89. The normalized spacial score (nSPS) is 13.3. The third kappa shape index (κ3) is 3.29. The van der Waals surface area contributed by atoms with Crippen LogP contribution in [0.4, 0.5) is 5.69 Å². The average molecular weight is 383 g/mol. The Hall–Kier alpha value is -1.77. The molecule has 0 aliphatic carbocycles. The van der Waals surface area contributed by atoms with Crippen LogP contribution in [-0.4, -0.2) is 38.9 Å². The van der Waals surface area contributed by atoms with Crippen LogP contribution in [0.1, 0.15) is 0 Å². The second kappa shape index (κ2) is 5.12. The topological polar surface area (TPSA) is 189 Å². The van der Waals surface area contributed by atoms with Crippen molar-refractivity contribution in [3.05, 3.63) is 24.3 Å². The highest BCUT2D eigenvalue weighted by Gasteiger charge is 2.28. The predicted octanol–water partition coefficient (Wildman–Crippen LogP) is 0.162. The first-order valence-corrected chi connectivity index (χ1v) is 9.83. The summed E-state index contributed by atoms with van der Waals surface area (Å²) in [6.45, 7) is 0. The first kappa shape index (κ1) is 17.6. The van der Waals surface area contributed by atoms with Crippen LogP contribution in [0.25, 0.3) is 10.8 Å². The van der Waals surface area contributed by atoms with Gasteiger partial charge < -0.3 is 5.73 Å². The van der Waals surface area contributed by atoms with Crippen molar-refractivity contribution in [2.45, 2.75) is 14.7 Å². The molecular weight excluding hydrogens is 374 g/mol.